The molecule has 43 heavy (non-hydrogen) atoms. The number of piperidine rings is 1. The normalized spacial score (nSPS) is 20.9. The van der Waals surface area contributed by atoms with Gasteiger partial charge in [0.25, 0.3) is 11.8 Å². The van der Waals surface area contributed by atoms with Gasteiger partial charge in [-0.25, -0.2) is 0 Å². The summed E-state index contributed by atoms with van der Waals surface area (Å²) in [6.45, 7) is 2.80. The van der Waals surface area contributed by atoms with Gasteiger partial charge in [0, 0.05) is 23.1 Å². The Balaban J connectivity index is 1.32. The van der Waals surface area contributed by atoms with Gasteiger partial charge in [0.2, 0.25) is 11.8 Å². The van der Waals surface area contributed by atoms with Crippen LogP contribution in [-0.4, -0.2) is 93.5 Å². The van der Waals surface area contributed by atoms with Gasteiger partial charge in [0.05, 0.1) is 0 Å². The third-order valence-corrected chi connectivity index (χ3v) is 10.6. The first-order chi connectivity index (χ1) is 20.6. The first-order valence-electron chi connectivity index (χ1n) is 14.9. The number of benzene rings is 1. The van der Waals surface area contributed by atoms with E-state index in [2.05, 4.69) is 16.0 Å². The molecule has 2 heterocycles. The molecule has 0 saturated carbocycles. The number of rotatable bonds is 14. The van der Waals surface area contributed by atoms with Crippen LogP contribution >= 0.6 is 0 Å². The maximum atomic E-state index is 13.8. The molecular formula is C31H38N4O7Tl. The third kappa shape index (κ3) is 8.25. The second-order valence-corrected chi connectivity index (χ2v) is 15.4. The number of hydrogen-bond acceptors (Lipinski definition) is 7. The number of unbranched alkanes of at least 4 members (excludes halogenated alkanes) is 5. The van der Waals surface area contributed by atoms with Gasteiger partial charge < -0.3 is 4.74 Å². The number of hydrogen-bond donors (Lipinski definition) is 3. The van der Waals surface area contributed by atoms with Gasteiger partial charge in [-0.05, 0) is 37.1 Å². The van der Waals surface area contributed by atoms with Crippen LogP contribution in [0.1, 0.15) is 79.8 Å². The van der Waals surface area contributed by atoms with Gasteiger partial charge in [0.15, 0.2) is 0 Å². The molecule has 2 unspecified atom stereocenters. The van der Waals surface area contributed by atoms with Crippen molar-refractivity contribution in [1.82, 2.24) is 20.9 Å². The van der Waals surface area contributed by atoms with E-state index in [-0.39, 0.29) is 40.0 Å². The Hall–Kier alpha value is -3.20. The summed E-state index contributed by atoms with van der Waals surface area (Å²) < 4.78 is 8.34. The van der Waals surface area contributed by atoms with Crippen LogP contribution < -0.4 is 16.0 Å². The van der Waals surface area contributed by atoms with Crippen LogP contribution in [0.15, 0.2) is 30.4 Å². The molecule has 6 amide bonds. The molecular weight excluding hydrogens is 745 g/mol. The fourth-order valence-electron chi connectivity index (χ4n) is 5.44. The Morgan fingerprint density at radius 2 is 1.72 bits per heavy atom. The van der Waals surface area contributed by atoms with Crippen molar-refractivity contribution in [2.75, 3.05) is 19.7 Å². The third-order valence-electron chi connectivity index (χ3n) is 7.81. The van der Waals surface area contributed by atoms with E-state index in [9.17, 15) is 28.8 Å². The molecule has 11 nitrogen and oxygen atoms in total. The molecule has 3 N–H and O–H groups in total. The zero-order valence-electron chi connectivity index (χ0n) is 24.7. The number of amides is 6. The minimum Gasteiger partial charge on any atom is -0.357 e. The molecule has 0 radical (unpaired) electrons. The molecule has 1 aromatic carbocycles. The second kappa shape index (κ2) is 15.0. The number of nitrogens with zero attached hydrogens (tertiary/aromatic N) is 1. The standard InChI is InChI=1S/C30H35N4O7.CH3.Tl/c1-30(41-18-25(37)32-16-7-5-3-2-4-6-15-31-19-35)14-13-20-9-8-10-21-26(20)22(17-30)29(40)34(28(21)39)23-11-12-24(36)33-27(23)38;;/h8-10,13-14,17,23H,2-7,11-12,15-16,18H2,1H3,(H,31,35)(H,32,37)(H,33,36,38);1H3;. The van der Waals surface area contributed by atoms with E-state index in [0.717, 1.165) is 50.0 Å². The molecule has 1 aromatic rings. The average molecular weight is 783 g/mol. The Bertz CT molecular complexity index is 1360. The average Bonchev–Trinajstić information content (AvgIpc) is 3.14. The van der Waals surface area contributed by atoms with Crippen molar-refractivity contribution in [3.05, 3.63) is 47.0 Å². The molecule has 1 aliphatic carbocycles. The van der Waals surface area contributed by atoms with E-state index < -0.39 is 59.5 Å². The van der Waals surface area contributed by atoms with E-state index in [1.165, 1.54) is 0 Å². The van der Waals surface area contributed by atoms with E-state index in [4.69, 9.17) is 4.74 Å². The van der Waals surface area contributed by atoms with E-state index >= 15 is 0 Å². The smallest absolute Gasteiger partial charge is 0.357 e. The monoisotopic (exact) mass is 783 g/mol. The fraction of sp³-hybridized carbons (Fsp3) is 0.484. The summed E-state index contributed by atoms with van der Waals surface area (Å²) >= 11 is -1.17. The Kier molecular flexibility index (Phi) is 11.4. The Morgan fingerprint density at radius 3 is 2.42 bits per heavy atom. The molecule has 1 saturated heterocycles. The van der Waals surface area contributed by atoms with E-state index in [1.54, 1.807) is 43.4 Å². The van der Waals surface area contributed by atoms with Crippen LogP contribution in [0.2, 0.25) is 4.48 Å². The minimum atomic E-state index is -1.17. The van der Waals surface area contributed by atoms with Crippen LogP contribution in [0.5, 0.6) is 0 Å². The predicted molar refractivity (Wildman–Crippen MR) is 161 cm³/mol. The van der Waals surface area contributed by atoms with Gasteiger partial charge in [0.1, 0.15) is 18.2 Å². The molecule has 2 aliphatic heterocycles. The molecule has 1 fully saturated rings. The number of carbonyl (C=O) groups is 6. The summed E-state index contributed by atoms with van der Waals surface area (Å²) in [6, 6.07) is 4.01. The van der Waals surface area contributed by atoms with Crippen LogP contribution in [-0.2, 0) is 23.9 Å². The quantitative estimate of drug-likeness (QED) is 0.149. The summed E-state index contributed by atoms with van der Waals surface area (Å²) in [5, 5.41) is 8.06. The van der Waals surface area contributed by atoms with Crippen LogP contribution in [0, 0.1) is 0 Å². The Labute approximate surface area is 263 Å². The summed E-state index contributed by atoms with van der Waals surface area (Å²) in [6.07, 6.45) is 11.3. The van der Waals surface area contributed by atoms with Gasteiger partial charge >= 0.3 is 105 Å². The van der Waals surface area contributed by atoms with Crippen LogP contribution in [0.3, 0.4) is 0 Å². The van der Waals surface area contributed by atoms with Crippen molar-refractivity contribution < 1.29 is 33.5 Å². The topological polar surface area (TPSA) is 151 Å². The Morgan fingerprint density at radius 1 is 1.02 bits per heavy atom. The SMILES string of the molecule is [CH3][Tl][C](=O)NCCCCCCCCNC(=O)COC1(C)C=Cc2cccc3c2C(=C1)C(=O)N(C1CCC(=O)NC1=O)C3=O. The summed E-state index contributed by atoms with van der Waals surface area (Å²) in [5.74, 6) is -2.63. The first-order valence-corrected chi connectivity index (χ1v) is 21.6. The minimum absolute atomic E-state index is 0.0263. The number of imide groups is 2. The summed E-state index contributed by atoms with van der Waals surface area (Å²) in [4.78, 5) is 76.3. The first kappa shape index (κ1) is 32.7. The van der Waals surface area contributed by atoms with Crippen molar-refractivity contribution >= 4 is 68.9 Å². The molecule has 227 valence electrons. The van der Waals surface area contributed by atoms with Gasteiger partial charge in [-0.3, -0.25) is 34.2 Å². The van der Waals surface area contributed by atoms with Crippen LogP contribution in [0.25, 0.3) is 11.6 Å². The van der Waals surface area contributed by atoms with Crippen LogP contribution in [0.4, 0.5) is 4.79 Å². The molecule has 0 spiro atoms. The molecule has 12 heteroatoms. The number of carbonyl (C=O) groups excluding carboxylic acids is 6. The van der Waals surface area contributed by atoms with Crippen molar-refractivity contribution in [2.24, 2.45) is 0 Å². The number of ether oxygens (including phenoxy) is 1. The number of nitrogens with one attached hydrogen (secondary N) is 3. The summed E-state index contributed by atoms with van der Waals surface area (Å²) in [7, 11) is 0. The van der Waals surface area contributed by atoms with E-state index in [0.29, 0.717) is 17.7 Å². The maximum absolute atomic E-state index is 13.8. The zero-order valence-corrected chi connectivity index (χ0v) is 29.2. The summed E-state index contributed by atoms with van der Waals surface area (Å²) in [5.41, 5.74) is 0.458. The van der Waals surface area contributed by atoms with Crippen molar-refractivity contribution in [1.29, 1.82) is 0 Å². The predicted octanol–water partition coefficient (Wildman–Crippen LogP) is 2.58. The van der Waals surface area contributed by atoms with Gasteiger partial charge in [-0.15, -0.1) is 0 Å². The van der Waals surface area contributed by atoms with Gasteiger partial charge in [-0.1, -0.05) is 18.2 Å². The molecule has 4 rings (SSSR count). The molecule has 3 aliphatic rings. The van der Waals surface area contributed by atoms with E-state index in [1.807, 2.05) is 4.48 Å². The second-order valence-electron chi connectivity index (χ2n) is 11.1. The van der Waals surface area contributed by atoms with Crippen molar-refractivity contribution in [3.8, 4) is 0 Å². The fourth-order valence-corrected chi connectivity index (χ4v) is 6.80. The molecule has 0 bridgehead atoms. The zero-order chi connectivity index (χ0) is 31.0. The molecule has 2 atom stereocenters. The van der Waals surface area contributed by atoms with Crippen molar-refractivity contribution in [2.45, 2.75) is 74.4 Å². The van der Waals surface area contributed by atoms with Gasteiger partial charge in [-0.2, -0.15) is 0 Å². The molecule has 0 aromatic heterocycles. The van der Waals surface area contributed by atoms with Crippen molar-refractivity contribution in [3.63, 3.8) is 0 Å².